The lowest BCUT2D eigenvalue weighted by molar-refractivity contribution is 0.448. The normalized spacial score (nSPS) is 12.9. The van der Waals surface area contributed by atoms with Gasteiger partial charge in [0.2, 0.25) is 0 Å². The minimum atomic E-state index is 0.114. The molecular weight excluding hydrogens is 292 g/mol. The van der Waals surface area contributed by atoms with E-state index in [9.17, 15) is 0 Å². The van der Waals surface area contributed by atoms with Crippen molar-refractivity contribution in [2.75, 3.05) is 7.05 Å². The van der Waals surface area contributed by atoms with E-state index in [2.05, 4.69) is 15.7 Å². The van der Waals surface area contributed by atoms with Crippen LogP contribution in [0.4, 0.5) is 0 Å². The van der Waals surface area contributed by atoms with Crippen molar-refractivity contribution in [1.29, 1.82) is 0 Å². The van der Waals surface area contributed by atoms with Crippen molar-refractivity contribution in [1.82, 2.24) is 10.3 Å². The van der Waals surface area contributed by atoms with Crippen molar-refractivity contribution in [3.8, 4) is 0 Å². The molecule has 0 aliphatic rings. The highest BCUT2D eigenvalue weighted by atomic mass is 35.5. The van der Waals surface area contributed by atoms with Crippen LogP contribution in [0.2, 0.25) is 5.02 Å². The number of benzene rings is 1. The number of fused-ring (bicyclic) bond motifs is 1. The third-order valence-corrected chi connectivity index (χ3v) is 4.33. The van der Waals surface area contributed by atoms with Gasteiger partial charge >= 0.3 is 0 Å². The molecule has 0 saturated carbocycles. The molecule has 3 nitrogen and oxygen atoms in total. The van der Waals surface area contributed by atoms with Gasteiger partial charge in [-0.05, 0) is 38.2 Å². The summed E-state index contributed by atoms with van der Waals surface area (Å²) in [4.78, 5) is 4.51. The zero-order chi connectivity index (χ0) is 14.1. The molecule has 0 aliphatic heterocycles. The smallest absolute Gasteiger partial charge is 0.134 e. The van der Waals surface area contributed by atoms with Crippen molar-refractivity contribution in [2.45, 2.75) is 19.4 Å². The number of hydrogen-bond donors (Lipinski definition) is 1. The molecule has 0 radical (unpaired) electrons. The minimum Gasteiger partial charge on any atom is -0.459 e. The SMILES string of the molecule is CNC(Cc1csc(C)n1)c1cc2cc(Cl)ccc2o1. The zero-order valence-electron chi connectivity index (χ0n) is 11.3. The van der Waals surface area contributed by atoms with E-state index < -0.39 is 0 Å². The molecule has 0 spiro atoms. The fourth-order valence-corrected chi connectivity index (χ4v) is 3.07. The van der Waals surface area contributed by atoms with Gasteiger partial charge in [0, 0.05) is 22.2 Å². The number of aryl methyl sites for hydroxylation is 1. The van der Waals surface area contributed by atoms with Crippen LogP contribution in [0.15, 0.2) is 34.1 Å². The molecule has 1 atom stereocenters. The molecule has 0 bridgehead atoms. The second kappa shape index (κ2) is 5.56. The lowest BCUT2D eigenvalue weighted by Gasteiger charge is -2.11. The molecule has 1 aromatic carbocycles. The first-order valence-electron chi connectivity index (χ1n) is 6.43. The number of thiazole rings is 1. The van der Waals surface area contributed by atoms with Crippen LogP contribution in [-0.2, 0) is 6.42 Å². The Balaban J connectivity index is 1.90. The molecule has 2 aromatic heterocycles. The van der Waals surface area contributed by atoms with E-state index in [-0.39, 0.29) is 6.04 Å². The summed E-state index contributed by atoms with van der Waals surface area (Å²) in [5, 5.41) is 8.23. The quantitative estimate of drug-likeness (QED) is 0.778. The molecule has 3 aromatic rings. The molecule has 104 valence electrons. The number of nitrogens with one attached hydrogen (secondary N) is 1. The average molecular weight is 307 g/mol. The molecule has 0 fully saturated rings. The Morgan fingerprint density at radius 3 is 2.95 bits per heavy atom. The summed E-state index contributed by atoms with van der Waals surface area (Å²) in [5.41, 5.74) is 1.95. The predicted molar refractivity (Wildman–Crippen MR) is 83.6 cm³/mol. The van der Waals surface area contributed by atoms with Gasteiger partial charge in [-0.2, -0.15) is 0 Å². The second-order valence-corrected chi connectivity index (χ2v) is 6.23. The van der Waals surface area contributed by atoms with Crippen LogP contribution < -0.4 is 5.32 Å². The van der Waals surface area contributed by atoms with E-state index in [1.165, 1.54) is 0 Å². The number of rotatable bonds is 4. The van der Waals surface area contributed by atoms with Crippen LogP contribution >= 0.6 is 22.9 Å². The molecule has 2 heterocycles. The van der Waals surface area contributed by atoms with Crippen molar-refractivity contribution in [3.05, 3.63) is 51.1 Å². The van der Waals surface area contributed by atoms with Crippen LogP contribution in [-0.4, -0.2) is 12.0 Å². The Hall–Kier alpha value is -1.36. The standard InChI is InChI=1S/C15H15ClN2OS/c1-9-18-12(8-20-9)7-13(17-2)15-6-10-5-11(16)3-4-14(10)19-15/h3-6,8,13,17H,7H2,1-2H3. The van der Waals surface area contributed by atoms with Gasteiger partial charge in [-0.15, -0.1) is 11.3 Å². The van der Waals surface area contributed by atoms with Gasteiger partial charge in [0.15, 0.2) is 0 Å². The molecule has 1 unspecified atom stereocenters. The van der Waals surface area contributed by atoms with E-state index in [1.807, 2.05) is 38.2 Å². The zero-order valence-corrected chi connectivity index (χ0v) is 12.9. The largest absolute Gasteiger partial charge is 0.459 e. The Morgan fingerprint density at radius 2 is 2.25 bits per heavy atom. The maximum absolute atomic E-state index is 6.01. The van der Waals surface area contributed by atoms with Crippen molar-refractivity contribution >= 4 is 33.9 Å². The Kier molecular flexibility index (Phi) is 3.78. The molecule has 1 N–H and O–H groups in total. The number of furan rings is 1. The highest BCUT2D eigenvalue weighted by Crippen LogP contribution is 2.28. The summed E-state index contributed by atoms with van der Waals surface area (Å²) in [6.45, 7) is 2.02. The Morgan fingerprint density at radius 1 is 1.40 bits per heavy atom. The van der Waals surface area contributed by atoms with Crippen LogP contribution in [0.5, 0.6) is 0 Å². The van der Waals surface area contributed by atoms with E-state index in [1.54, 1.807) is 11.3 Å². The Labute approximate surface area is 126 Å². The van der Waals surface area contributed by atoms with Crippen LogP contribution in [0, 0.1) is 6.92 Å². The topological polar surface area (TPSA) is 38.1 Å². The minimum absolute atomic E-state index is 0.114. The van der Waals surface area contributed by atoms with Crippen molar-refractivity contribution in [3.63, 3.8) is 0 Å². The molecule has 0 saturated heterocycles. The summed E-state index contributed by atoms with van der Waals surface area (Å²) in [5.74, 6) is 0.912. The first-order valence-corrected chi connectivity index (χ1v) is 7.69. The van der Waals surface area contributed by atoms with Gasteiger partial charge in [0.25, 0.3) is 0 Å². The van der Waals surface area contributed by atoms with E-state index in [0.717, 1.165) is 38.9 Å². The number of halogens is 1. The second-order valence-electron chi connectivity index (χ2n) is 4.73. The third-order valence-electron chi connectivity index (χ3n) is 3.27. The maximum Gasteiger partial charge on any atom is 0.134 e. The molecular formula is C15H15ClN2OS. The molecule has 20 heavy (non-hydrogen) atoms. The van der Waals surface area contributed by atoms with Gasteiger partial charge in [-0.25, -0.2) is 4.98 Å². The lowest BCUT2D eigenvalue weighted by atomic mass is 10.1. The summed E-state index contributed by atoms with van der Waals surface area (Å²) in [6, 6.07) is 7.82. The molecule has 3 rings (SSSR count). The lowest BCUT2D eigenvalue weighted by Crippen LogP contribution is -2.18. The maximum atomic E-state index is 6.01. The van der Waals surface area contributed by atoms with Crippen LogP contribution in [0.25, 0.3) is 11.0 Å². The highest BCUT2D eigenvalue weighted by molar-refractivity contribution is 7.09. The average Bonchev–Trinajstić information content (AvgIpc) is 3.01. The van der Waals surface area contributed by atoms with Gasteiger partial charge < -0.3 is 9.73 Å². The van der Waals surface area contributed by atoms with Gasteiger partial charge in [0.05, 0.1) is 16.7 Å². The first kappa shape index (κ1) is 13.6. The van der Waals surface area contributed by atoms with Crippen LogP contribution in [0.3, 0.4) is 0 Å². The fraction of sp³-hybridized carbons (Fsp3) is 0.267. The molecule has 5 heteroatoms. The summed E-state index contributed by atoms with van der Waals surface area (Å²) in [7, 11) is 1.93. The Bertz CT molecular complexity index is 734. The summed E-state index contributed by atoms with van der Waals surface area (Å²) in [6.07, 6.45) is 0.814. The van der Waals surface area contributed by atoms with Crippen LogP contribution in [0.1, 0.15) is 22.5 Å². The van der Waals surface area contributed by atoms with E-state index >= 15 is 0 Å². The molecule has 0 amide bonds. The fourth-order valence-electron chi connectivity index (χ4n) is 2.26. The monoisotopic (exact) mass is 306 g/mol. The number of nitrogens with zero attached hydrogens (tertiary/aromatic N) is 1. The van der Waals surface area contributed by atoms with E-state index in [4.69, 9.17) is 16.0 Å². The van der Waals surface area contributed by atoms with Gasteiger partial charge in [0.1, 0.15) is 11.3 Å². The molecule has 0 aliphatic carbocycles. The van der Waals surface area contributed by atoms with E-state index in [0.29, 0.717) is 0 Å². The van der Waals surface area contributed by atoms with Crippen molar-refractivity contribution < 1.29 is 4.42 Å². The van der Waals surface area contributed by atoms with Crippen molar-refractivity contribution in [2.24, 2.45) is 0 Å². The summed E-state index contributed by atoms with van der Waals surface area (Å²) < 4.78 is 5.91. The first-order chi connectivity index (χ1) is 9.65. The highest BCUT2D eigenvalue weighted by Gasteiger charge is 2.16. The number of likely N-dealkylation sites (N-methyl/N-ethyl adjacent to an activating group) is 1. The number of hydrogen-bond acceptors (Lipinski definition) is 4. The van der Waals surface area contributed by atoms with Gasteiger partial charge in [-0.3, -0.25) is 0 Å². The van der Waals surface area contributed by atoms with Gasteiger partial charge in [-0.1, -0.05) is 11.6 Å². The summed E-state index contributed by atoms with van der Waals surface area (Å²) >= 11 is 7.68. The third kappa shape index (κ3) is 2.73. The predicted octanol–water partition coefficient (Wildman–Crippen LogP) is 4.35. The number of aromatic nitrogens is 1.